The van der Waals surface area contributed by atoms with Crippen LogP contribution >= 0.6 is 0 Å². The van der Waals surface area contributed by atoms with E-state index >= 15 is 0 Å². The molecule has 1 fully saturated rings. The van der Waals surface area contributed by atoms with E-state index in [2.05, 4.69) is 10.3 Å². The summed E-state index contributed by atoms with van der Waals surface area (Å²) in [6.45, 7) is 0. The predicted octanol–water partition coefficient (Wildman–Crippen LogP) is 1.46. The van der Waals surface area contributed by atoms with Gasteiger partial charge in [0.25, 0.3) is 0 Å². The van der Waals surface area contributed by atoms with Crippen LogP contribution in [0.15, 0.2) is 18.3 Å². The van der Waals surface area contributed by atoms with Crippen LogP contribution in [0.1, 0.15) is 36.2 Å². The van der Waals surface area contributed by atoms with Gasteiger partial charge in [0.1, 0.15) is 5.69 Å². The summed E-state index contributed by atoms with van der Waals surface area (Å²) in [5.41, 5.74) is 6.92. The average molecular weight is 235 g/mol. The van der Waals surface area contributed by atoms with E-state index < -0.39 is 5.97 Å². The minimum Gasteiger partial charge on any atom is -0.477 e. The molecule has 5 heteroatoms. The monoisotopic (exact) mass is 235 g/mol. The second kappa shape index (κ2) is 5.14. The van der Waals surface area contributed by atoms with Crippen molar-refractivity contribution >= 4 is 11.7 Å². The number of aromatic nitrogens is 1. The molecule has 0 bridgehead atoms. The number of nitrogens with two attached hydrogens (primary N) is 1. The van der Waals surface area contributed by atoms with Crippen LogP contribution < -0.4 is 11.1 Å². The van der Waals surface area contributed by atoms with Gasteiger partial charge in [0.05, 0.1) is 11.9 Å². The highest BCUT2D eigenvalue weighted by Crippen LogP contribution is 2.20. The third-order valence-electron chi connectivity index (χ3n) is 3.15. The van der Waals surface area contributed by atoms with E-state index in [1.54, 1.807) is 12.3 Å². The first kappa shape index (κ1) is 11.9. The van der Waals surface area contributed by atoms with Crippen LogP contribution in [0.5, 0.6) is 0 Å². The van der Waals surface area contributed by atoms with E-state index in [0.29, 0.717) is 0 Å². The average Bonchev–Trinajstić information content (AvgIpc) is 2.33. The zero-order valence-corrected chi connectivity index (χ0v) is 9.60. The molecule has 0 aromatic carbocycles. The van der Waals surface area contributed by atoms with Gasteiger partial charge in [-0.2, -0.15) is 0 Å². The van der Waals surface area contributed by atoms with E-state index in [4.69, 9.17) is 10.8 Å². The fourth-order valence-corrected chi connectivity index (χ4v) is 2.16. The maximum absolute atomic E-state index is 10.7. The topological polar surface area (TPSA) is 88.2 Å². The molecular weight excluding hydrogens is 218 g/mol. The van der Waals surface area contributed by atoms with Gasteiger partial charge >= 0.3 is 5.97 Å². The quantitative estimate of drug-likeness (QED) is 0.738. The number of carboxylic acid groups (broad SMARTS) is 1. The minimum atomic E-state index is -1.01. The molecule has 2 unspecified atom stereocenters. The molecule has 1 aromatic rings. The Balaban J connectivity index is 2.00. The first-order valence-electron chi connectivity index (χ1n) is 5.88. The van der Waals surface area contributed by atoms with Gasteiger partial charge in [-0.05, 0) is 25.0 Å². The molecule has 0 saturated heterocycles. The number of carboxylic acids is 1. The van der Waals surface area contributed by atoms with Gasteiger partial charge in [-0.1, -0.05) is 12.8 Å². The summed E-state index contributed by atoms with van der Waals surface area (Å²) in [4.78, 5) is 14.5. The molecule has 0 aliphatic heterocycles. The zero-order chi connectivity index (χ0) is 12.3. The van der Waals surface area contributed by atoms with Crippen molar-refractivity contribution in [3.05, 3.63) is 24.0 Å². The highest BCUT2D eigenvalue weighted by Gasteiger charge is 2.21. The Labute approximate surface area is 100 Å². The minimum absolute atomic E-state index is 0.0588. The molecule has 92 valence electrons. The van der Waals surface area contributed by atoms with E-state index in [9.17, 15) is 4.79 Å². The van der Waals surface area contributed by atoms with Crippen LogP contribution in [0.4, 0.5) is 5.69 Å². The van der Waals surface area contributed by atoms with Crippen LogP contribution in [0.25, 0.3) is 0 Å². The molecule has 17 heavy (non-hydrogen) atoms. The lowest BCUT2D eigenvalue weighted by molar-refractivity contribution is 0.0690. The van der Waals surface area contributed by atoms with Crippen LogP contribution in [0.3, 0.4) is 0 Å². The first-order chi connectivity index (χ1) is 8.16. The van der Waals surface area contributed by atoms with Crippen molar-refractivity contribution in [3.63, 3.8) is 0 Å². The van der Waals surface area contributed by atoms with Gasteiger partial charge in [-0.15, -0.1) is 0 Å². The molecule has 1 aliphatic carbocycles. The number of carbonyl (C=O) groups is 1. The molecule has 1 aliphatic rings. The molecule has 5 nitrogen and oxygen atoms in total. The molecule has 1 heterocycles. The number of hydrogen-bond acceptors (Lipinski definition) is 4. The van der Waals surface area contributed by atoms with Crippen molar-refractivity contribution in [1.29, 1.82) is 0 Å². The molecule has 1 aromatic heterocycles. The van der Waals surface area contributed by atoms with Crippen molar-refractivity contribution in [3.8, 4) is 0 Å². The van der Waals surface area contributed by atoms with Crippen molar-refractivity contribution < 1.29 is 9.90 Å². The molecule has 0 amide bonds. The smallest absolute Gasteiger partial charge is 0.354 e. The maximum atomic E-state index is 10.7. The maximum Gasteiger partial charge on any atom is 0.354 e. The van der Waals surface area contributed by atoms with Crippen molar-refractivity contribution in [1.82, 2.24) is 4.98 Å². The number of pyridine rings is 1. The Morgan fingerprint density at radius 3 is 2.76 bits per heavy atom. The standard InChI is InChI=1S/C12H17N3O2/c13-9-3-1-2-4-10(9)15-8-5-6-11(12(16)17)14-7-8/h5-7,9-10,15H,1-4,13H2,(H,16,17). The second-order valence-corrected chi connectivity index (χ2v) is 4.44. The van der Waals surface area contributed by atoms with Crippen molar-refractivity contribution in [2.45, 2.75) is 37.8 Å². The van der Waals surface area contributed by atoms with Crippen LogP contribution in [-0.2, 0) is 0 Å². The van der Waals surface area contributed by atoms with Crippen molar-refractivity contribution in [2.75, 3.05) is 5.32 Å². The predicted molar refractivity (Wildman–Crippen MR) is 65.1 cm³/mol. The lowest BCUT2D eigenvalue weighted by Crippen LogP contribution is -2.42. The lowest BCUT2D eigenvalue weighted by Gasteiger charge is -2.30. The summed E-state index contributed by atoms with van der Waals surface area (Å²) in [6, 6.07) is 3.67. The Kier molecular flexibility index (Phi) is 3.58. The van der Waals surface area contributed by atoms with E-state index in [0.717, 1.165) is 18.5 Å². The number of nitrogens with one attached hydrogen (secondary N) is 1. The molecule has 4 N–H and O–H groups in total. The number of hydrogen-bond donors (Lipinski definition) is 3. The van der Waals surface area contributed by atoms with Crippen LogP contribution in [0.2, 0.25) is 0 Å². The Morgan fingerprint density at radius 2 is 2.18 bits per heavy atom. The highest BCUT2D eigenvalue weighted by atomic mass is 16.4. The van der Waals surface area contributed by atoms with Gasteiger partial charge in [0.15, 0.2) is 0 Å². The summed E-state index contributed by atoms with van der Waals surface area (Å²) < 4.78 is 0. The van der Waals surface area contributed by atoms with Gasteiger partial charge < -0.3 is 16.2 Å². The summed E-state index contributed by atoms with van der Waals surface area (Å²) in [7, 11) is 0. The van der Waals surface area contributed by atoms with Gasteiger partial charge in [0.2, 0.25) is 0 Å². The normalized spacial score (nSPS) is 24.3. The van der Waals surface area contributed by atoms with Crippen molar-refractivity contribution in [2.24, 2.45) is 5.73 Å². The third-order valence-corrected chi connectivity index (χ3v) is 3.15. The number of nitrogens with zero attached hydrogens (tertiary/aromatic N) is 1. The molecular formula is C12H17N3O2. The number of anilines is 1. The summed E-state index contributed by atoms with van der Waals surface area (Å²) in [5.74, 6) is -1.01. The number of aromatic carboxylic acids is 1. The van der Waals surface area contributed by atoms with Gasteiger partial charge in [-0.25, -0.2) is 9.78 Å². The van der Waals surface area contributed by atoms with Gasteiger partial charge in [0, 0.05) is 12.1 Å². The third kappa shape index (κ3) is 2.94. The van der Waals surface area contributed by atoms with E-state index in [1.165, 1.54) is 18.9 Å². The molecule has 1 saturated carbocycles. The Bertz CT molecular complexity index is 391. The lowest BCUT2D eigenvalue weighted by atomic mass is 9.91. The van der Waals surface area contributed by atoms with Crippen LogP contribution in [0, 0.1) is 0 Å². The first-order valence-corrected chi connectivity index (χ1v) is 5.88. The largest absolute Gasteiger partial charge is 0.477 e. The fourth-order valence-electron chi connectivity index (χ4n) is 2.16. The molecule has 0 spiro atoms. The molecule has 2 rings (SSSR count). The Hall–Kier alpha value is -1.62. The summed E-state index contributed by atoms with van der Waals surface area (Å²) in [6.07, 6.45) is 6.02. The molecule has 0 radical (unpaired) electrons. The molecule has 2 atom stereocenters. The summed E-state index contributed by atoms with van der Waals surface area (Å²) >= 11 is 0. The Morgan fingerprint density at radius 1 is 1.41 bits per heavy atom. The fraction of sp³-hybridized carbons (Fsp3) is 0.500. The highest BCUT2D eigenvalue weighted by molar-refractivity contribution is 5.85. The SMILES string of the molecule is NC1CCCCC1Nc1ccc(C(=O)O)nc1. The summed E-state index contributed by atoms with van der Waals surface area (Å²) in [5, 5.41) is 12.1. The van der Waals surface area contributed by atoms with E-state index in [1.807, 2.05) is 0 Å². The van der Waals surface area contributed by atoms with Gasteiger partial charge in [-0.3, -0.25) is 0 Å². The second-order valence-electron chi connectivity index (χ2n) is 4.44. The number of rotatable bonds is 3. The zero-order valence-electron chi connectivity index (χ0n) is 9.60. The van der Waals surface area contributed by atoms with Crippen LogP contribution in [-0.4, -0.2) is 28.1 Å². The van der Waals surface area contributed by atoms with E-state index in [-0.39, 0.29) is 17.8 Å².